The number of hydrogen-bond acceptors (Lipinski definition) is 3. The lowest BCUT2D eigenvalue weighted by Crippen LogP contribution is -2.34. The summed E-state index contributed by atoms with van der Waals surface area (Å²) in [4.78, 5) is 6.51. The summed E-state index contributed by atoms with van der Waals surface area (Å²) < 4.78 is 0. The van der Waals surface area contributed by atoms with Crippen molar-refractivity contribution < 1.29 is 0 Å². The van der Waals surface area contributed by atoms with Gasteiger partial charge in [-0.25, -0.2) is 0 Å². The van der Waals surface area contributed by atoms with Gasteiger partial charge in [-0.1, -0.05) is 6.92 Å². The molecule has 0 aromatic heterocycles. The SMILES string of the molecule is CCC1CN(C(C)C#N)C(C)=N1. The Balaban J connectivity index is 2.63. The van der Waals surface area contributed by atoms with Crippen LogP contribution in [0.1, 0.15) is 27.2 Å². The molecule has 0 aliphatic carbocycles. The fraction of sp³-hybridized carbons (Fsp3) is 0.778. The molecule has 0 saturated carbocycles. The number of nitriles is 1. The molecule has 1 aliphatic rings. The highest BCUT2D eigenvalue weighted by molar-refractivity contribution is 5.82. The normalized spacial score (nSPS) is 25.0. The number of amidine groups is 1. The Kier molecular flexibility index (Phi) is 2.69. The van der Waals surface area contributed by atoms with Gasteiger partial charge in [0, 0.05) is 6.54 Å². The summed E-state index contributed by atoms with van der Waals surface area (Å²) in [5, 5.41) is 8.73. The minimum Gasteiger partial charge on any atom is -0.343 e. The van der Waals surface area contributed by atoms with Crippen LogP contribution in [0.3, 0.4) is 0 Å². The largest absolute Gasteiger partial charge is 0.343 e. The Labute approximate surface area is 73.7 Å². The van der Waals surface area contributed by atoms with E-state index in [1.807, 2.05) is 13.8 Å². The Morgan fingerprint density at radius 3 is 2.92 bits per heavy atom. The van der Waals surface area contributed by atoms with E-state index in [9.17, 15) is 0 Å². The first-order valence-corrected chi connectivity index (χ1v) is 4.39. The monoisotopic (exact) mass is 165 g/mol. The van der Waals surface area contributed by atoms with E-state index in [1.54, 1.807) is 0 Å². The summed E-state index contributed by atoms with van der Waals surface area (Å²) in [6, 6.07) is 2.59. The maximum Gasteiger partial charge on any atom is 0.115 e. The molecule has 1 rings (SSSR count). The average Bonchev–Trinajstić information content (AvgIpc) is 2.45. The van der Waals surface area contributed by atoms with Crippen molar-refractivity contribution in [1.82, 2.24) is 4.90 Å². The van der Waals surface area contributed by atoms with E-state index in [4.69, 9.17) is 5.26 Å². The topological polar surface area (TPSA) is 39.4 Å². The van der Waals surface area contributed by atoms with E-state index in [-0.39, 0.29) is 6.04 Å². The molecule has 3 nitrogen and oxygen atoms in total. The van der Waals surface area contributed by atoms with Gasteiger partial charge in [0.25, 0.3) is 0 Å². The molecule has 66 valence electrons. The highest BCUT2D eigenvalue weighted by Gasteiger charge is 2.24. The van der Waals surface area contributed by atoms with E-state index in [2.05, 4.69) is 22.9 Å². The number of hydrogen-bond donors (Lipinski definition) is 0. The second kappa shape index (κ2) is 3.57. The van der Waals surface area contributed by atoms with E-state index in [0.29, 0.717) is 6.04 Å². The first kappa shape index (κ1) is 9.05. The molecule has 3 heteroatoms. The molecule has 0 aromatic carbocycles. The first-order valence-electron chi connectivity index (χ1n) is 4.39. The molecule has 0 N–H and O–H groups in total. The summed E-state index contributed by atoms with van der Waals surface area (Å²) in [5.41, 5.74) is 0. The lowest BCUT2D eigenvalue weighted by Gasteiger charge is -2.21. The summed E-state index contributed by atoms with van der Waals surface area (Å²) >= 11 is 0. The van der Waals surface area contributed by atoms with Crippen LogP contribution in [0.2, 0.25) is 0 Å². The number of aliphatic imine (C=N–C) groups is 1. The van der Waals surface area contributed by atoms with Crippen LogP contribution in [0.25, 0.3) is 0 Å². The third-order valence-corrected chi connectivity index (χ3v) is 2.32. The molecule has 1 aliphatic heterocycles. The molecule has 0 radical (unpaired) electrons. The van der Waals surface area contributed by atoms with Gasteiger partial charge < -0.3 is 4.90 Å². The number of rotatable bonds is 2. The van der Waals surface area contributed by atoms with Crippen molar-refractivity contribution in [3.05, 3.63) is 0 Å². The minimum atomic E-state index is -0.0368. The second-order valence-corrected chi connectivity index (χ2v) is 3.20. The summed E-state index contributed by atoms with van der Waals surface area (Å²) in [6.45, 7) is 6.93. The van der Waals surface area contributed by atoms with Gasteiger partial charge in [0.2, 0.25) is 0 Å². The average molecular weight is 165 g/mol. The first-order chi connectivity index (χ1) is 5.69. The Morgan fingerprint density at radius 1 is 1.83 bits per heavy atom. The highest BCUT2D eigenvalue weighted by Crippen LogP contribution is 2.14. The smallest absolute Gasteiger partial charge is 0.115 e. The van der Waals surface area contributed by atoms with Crippen LogP contribution in [-0.4, -0.2) is 29.4 Å². The van der Waals surface area contributed by atoms with Gasteiger partial charge in [-0.3, -0.25) is 4.99 Å². The van der Waals surface area contributed by atoms with Gasteiger partial charge in [-0.05, 0) is 20.3 Å². The van der Waals surface area contributed by atoms with Crippen LogP contribution in [0.5, 0.6) is 0 Å². The summed E-state index contributed by atoms with van der Waals surface area (Å²) in [5.74, 6) is 1.01. The Morgan fingerprint density at radius 2 is 2.50 bits per heavy atom. The van der Waals surface area contributed by atoms with Crippen LogP contribution in [0.4, 0.5) is 0 Å². The predicted octanol–water partition coefficient (Wildman–Crippen LogP) is 1.41. The van der Waals surface area contributed by atoms with Crippen molar-refractivity contribution >= 4 is 5.84 Å². The third kappa shape index (κ3) is 1.58. The summed E-state index contributed by atoms with van der Waals surface area (Å²) in [6.07, 6.45) is 1.06. The molecule has 2 unspecified atom stereocenters. The second-order valence-electron chi connectivity index (χ2n) is 3.20. The zero-order chi connectivity index (χ0) is 9.14. The van der Waals surface area contributed by atoms with Crippen LogP contribution in [-0.2, 0) is 0 Å². The van der Waals surface area contributed by atoms with Gasteiger partial charge >= 0.3 is 0 Å². The Hall–Kier alpha value is -1.04. The van der Waals surface area contributed by atoms with Crippen molar-refractivity contribution in [3.63, 3.8) is 0 Å². The molecule has 1 heterocycles. The van der Waals surface area contributed by atoms with Crippen LogP contribution >= 0.6 is 0 Å². The van der Waals surface area contributed by atoms with E-state index in [1.165, 1.54) is 0 Å². The fourth-order valence-electron chi connectivity index (χ4n) is 1.47. The molecule has 0 fully saturated rings. The minimum absolute atomic E-state index is 0.0368. The zero-order valence-electron chi connectivity index (χ0n) is 7.91. The molecule has 0 amide bonds. The highest BCUT2D eigenvalue weighted by atomic mass is 15.3. The van der Waals surface area contributed by atoms with E-state index >= 15 is 0 Å². The third-order valence-electron chi connectivity index (χ3n) is 2.32. The number of nitrogens with zero attached hydrogens (tertiary/aromatic N) is 3. The molecular weight excluding hydrogens is 150 g/mol. The van der Waals surface area contributed by atoms with Crippen molar-refractivity contribution in [2.45, 2.75) is 39.3 Å². The molecule has 2 atom stereocenters. The summed E-state index contributed by atoms with van der Waals surface area (Å²) in [7, 11) is 0. The Bertz CT molecular complexity index is 226. The molecular formula is C9H15N3. The fourth-order valence-corrected chi connectivity index (χ4v) is 1.47. The van der Waals surface area contributed by atoms with Crippen molar-refractivity contribution in [2.75, 3.05) is 6.54 Å². The predicted molar refractivity (Wildman–Crippen MR) is 49.0 cm³/mol. The maximum atomic E-state index is 8.73. The standard InChI is InChI=1S/C9H15N3/c1-4-9-6-12(7(2)5-10)8(3)11-9/h7,9H,4,6H2,1-3H3. The molecule has 0 spiro atoms. The van der Waals surface area contributed by atoms with E-state index in [0.717, 1.165) is 18.8 Å². The quantitative estimate of drug-likeness (QED) is 0.620. The van der Waals surface area contributed by atoms with Gasteiger partial charge in [0.05, 0.1) is 17.9 Å². The van der Waals surface area contributed by atoms with Gasteiger partial charge in [-0.15, -0.1) is 0 Å². The molecule has 12 heavy (non-hydrogen) atoms. The molecule has 0 saturated heterocycles. The van der Waals surface area contributed by atoms with Crippen LogP contribution in [0.15, 0.2) is 4.99 Å². The van der Waals surface area contributed by atoms with Gasteiger partial charge in [0.15, 0.2) is 0 Å². The molecule has 0 aromatic rings. The zero-order valence-corrected chi connectivity index (χ0v) is 7.91. The molecule has 0 bridgehead atoms. The lowest BCUT2D eigenvalue weighted by molar-refractivity contribution is 0.385. The lowest BCUT2D eigenvalue weighted by atomic mass is 10.2. The van der Waals surface area contributed by atoms with Crippen molar-refractivity contribution in [2.24, 2.45) is 4.99 Å². The van der Waals surface area contributed by atoms with Gasteiger partial charge in [0.1, 0.15) is 6.04 Å². The van der Waals surface area contributed by atoms with Gasteiger partial charge in [-0.2, -0.15) is 5.26 Å². The maximum absolute atomic E-state index is 8.73. The van der Waals surface area contributed by atoms with Crippen molar-refractivity contribution in [3.8, 4) is 6.07 Å². The van der Waals surface area contributed by atoms with Crippen molar-refractivity contribution in [1.29, 1.82) is 5.26 Å². The van der Waals surface area contributed by atoms with Crippen LogP contribution < -0.4 is 0 Å². The van der Waals surface area contributed by atoms with Crippen LogP contribution in [0, 0.1) is 11.3 Å². The van der Waals surface area contributed by atoms with E-state index < -0.39 is 0 Å².